The van der Waals surface area contributed by atoms with E-state index in [0.29, 0.717) is 0 Å². The SMILES string of the molecule is CCCCN[C@H]1Cc2cc(OC)ccc2[C@H](c2ccc(C(=N)OC)cc2)N1. The Morgan fingerprint density at radius 3 is 2.63 bits per heavy atom. The highest BCUT2D eigenvalue weighted by molar-refractivity contribution is 5.91. The Bertz CT molecular complexity index is 774. The van der Waals surface area contributed by atoms with Crippen molar-refractivity contribution in [1.82, 2.24) is 10.6 Å². The average Bonchev–Trinajstić information content (AvgIpc) is 2.72. The Labute approximate surface area is 161 Å². The van der Waals surface area contributed by atoms with Crippen LogP contribution in [0, 0.1) is 5.41 Å². The topological polar surface area (TPSA) is 66.4 Å². The molecule has 2 atom stereocenters. The fraction of sp³-hybridized carbons (Fsp3) is 0.409. The van der Waals surface area contributed by atoms with Crippen molar-refractivity contribution in [1.29, 1.82) is 5.41 Å². The molecule has 0 aliphatic carbocycles. The van der Waals surface area contributed by atoms with Crippen LogP contribution in [0.2, 0.25) is 0 Å². The van der Waals surface area contributed by atoms with E-state index < -0.39 is 0 Å². The van der Waals surface area contributed by atoms with Gasteiger partial charge in [-0.2, -0.15) is 0 Å². The Morgan fingerprint density at radius 1 is 1.19 bits per heavy atom. The fourth-order valence-corrected chi connectivity index (χ4v) is 3.54. The van der Waals surface area contributed by atoms with E-state index in [4.69, 9.17) is 14.9 Å². The van der Waals surface area contributed by atoms with E-state index >= 15 is 0 Å². The van der Waals surface area contributed by atoms with Crippen molar-refractivity contribution in [3.63, 3.8) is 0 Å². The van der Waals surface area contributed by atoms with Crippen molar-refractivity contribution in [3.05, 3.63) is 64.7 Å². The summed E-state index contributed by atoms with van der Waals surface area (Å²) >= 11 is 0. The van der Waals surface area contributed by atoms with Crippen LogP contribution in [0.1, 0.15) is 48.1 Å². The lowest BCUT2D eigenvalue weighted by Gasteiger charge is -2.34. The van der Waals surface area contributed by atoms with E-state index in [9.17, 15) is 0 Å². The summed E-state index contributed by atoms with van der Waals surface area (Å²) in [7, 11) is 3.23. The molecule has 144 valence electrons. The highest BCUT2D eigenvalue weighted by atomic mass is 16.5. The molecule has 27 heavy (non-hydrogen) atoms. The van der Waals surface area contributed by atoms with Crippen LogP contribution in [-0.4, -0.2) is 32.8 Å². The number of benzene rings is 2. The maximum Gasteiger partial charge on any atom is 0.212 e. The first-order valence-corrected chi connectivity index (χ1v) is 9.55. The van der Waals surface area contributed by atoms with Crippen molar-refractivity contribution < 1.29 is 9.47 Å². The lowest BCUT2D eigenvalue weighted by molar-refractivity contribution is 0.366. The third kappa shape index (κ3) is 4.49. The Balaban J connectivity index is 1.89. The van der Waals surface area contributed by atoms with Crippen molar-refractivity contribution >= 4 is 5.90 Å². The lowest BCUT2D eigenvalue weighted by Crippen LogP contribution is -2.49. The molecule has 1 aliphatic rings. The number of ether oxygens (including phenoxy) is 2. The summed E-state index contributed by atoms with van der Waals surface area (Å²) in [6, 6.07) is 14.5. The third-order valence-corrected chi connectivity index (χ3v) is 5.08. The molecule has 5 heteroatoms. The minimum absolute atomic E-state index is 0.101. The smallest absolute Gasteiger partial charge is 0.212 e. The first-order valence-electron chi connectivity index (χ1n) is 9.55. The monoisotopic (exact) mass is 367 g/mol. The maximum atomic E-state index is 7.82. The van der Waals surface area contributed by atoms with Crippen molar-refractivity contribution in [2.45, 2.75) is 38.4 Å². The van der Waals surface area contributed by atoms with Crippen LogP contribution in [0.3, 0.4) is 0 Å². The zero-order valence-electron chi connectivity index (χ0n) is 16.3. The van der Waals surface area contributed by atoms with Crippen molar-refractivity contribution in [2.75, 3.05) is 20.8 Å². The van der Waals surface area contributed by atoms with E-state index in [0.717, 1.165) is 24.3 Å². The van der Waals surface area contributed by atoms with Gasteiger partial charge in [-0.05, 0) is 53.9 Å². The van der Waals surface area contributed by atoms with Gasteiger partial charge in [0, 0.05) is 12.0 Å². The molecule has 5 nitrogen and oxygen atoms in total. The van der Waals surface area contributed by atoms with E-state index in [1.165, 1.54) is 36.6 Å². The summed E-state index contributed by atoms with van der Waals surface area (Å²) in [6.07, 6.45) is 3.50. The van der Waals surface area contributed by atoms with E-state index in [1.807, 2.05) is 18.2 Å². The Morgan fingerprint density at radius 2 is 1.96 bits per heavy atom. The van der Waals surface area contributed by atoms with Gasteiger partial charge in [0.15, 0.2) is 0 Å². The highest BCUT2D eigenvalue weighted by Gasteiger charge is 2.27. The molecule has 0 aromatic heterocycles. The summed E-state index contributed by atoms with van der Waals surface area (Å²) in [5.74, 6) is 1.08. The molecule has 3 rings (SSSR count). The predicted octanol–water partition coefficient (Wildman–Crippen LogP) is 3.62. The molecule has 3 N–H and O–H groups in total. The Kier molecular flexibility index (Phi) is 6.48. The van der Waals surface area contributed by atoms with Crippen LogP contribution in [0.15, 0.2) is 42.5 Å². The number of hydrogen-bond acceptors (Lipinski definition) is 5. The third-order valence-electron chi connectivity index (χ3n) is 5.08. The molecule has 0 amide bonds. The van der Waals surface area contributed by atoms with Gasteiger partial charge >= 0.3 is 0 Å². The van der Waals surface area contributed by atoms with Crippen LogP contribution in [0.5, 0.6) is 5.75 Å². The van der Waals surface area contributed by atoms with Crippen LogP contribution < -0.4 is 15.4 Å². The number of methoxy groups -OCH3 is 2. The lowest BCUT2D eigenvalue weighted by atomic mass is 9.88. The molecular weight excluding hydrogens is 338 g/mol. The molecule has 0 fully saturated rings. The summed E-state index contributed by atoms with van der Waals surface area (Å²) in [5, 5.41) is 15.2. The second kappa shape index (κ2) is 9.02. The van der Waals surface area contributed by atoms with Crippen molar-refractivity contribution in [2.24, 2.45) is 0 Å². The summed E-state index contributed by atoms with van der Waals surface area (Å²) in [5.41, 5.74) is 4.54. The van der Waals surface area contributed by atoms with Crippen molar-refractivity contribution in [3.8, 4) is 5.75 Å². The van der Waals surface area contributed by atoms with Gasteiger partial charge in [0.05, 0.1) is 26.4 Å². The normalized spacial score (nSPS) is 18.6. The molecular formula is C22H29N3O2. The second-order valence-corrected chi connectivity index (χ2v) is 6.88. The first-order chi connectivity index (χ1) is 13.2. The number of nitrogens with one attached hydrogen (secondary N) is 3. The first kappa shape index (κ1) is 19.4. The zero-order chi connectivity index (χ0) is 19.2. The summed E-state index contributed by atoms with van der Waals surface area (Å²) in [6.45, 7) is 3.21. The standard InChI is InChI=1S/C22H29N3O2/c1-4-5-12-24-20-14-17-13-18(26-2)10-11-19(17)21(25-20)15-6-8-16(9-7-15)22(23)27-3/h6-11,13,20-21,23-25H,4-5,12,14H2,1-3H3/t20-,21+/m1/s1. The minimum Gasteiger partial charge on any atom is -0.497 e. The molecule has 0 spiro atoms. The van der Waals surface area contributed by atoms with Crippen LogP contribution >= 0.6 is 0 Å². The van der Waals surface area contributed by atoms with Gasteiger partial charge in [0.25, 0.3) is 0 Å². The number of rotatable bonds is 7. The van der Waals surface area contributed by atoms with Gasteiger partial charge in [-0.25, -0.2) is 0 Å². The Hall–Kier alpha value is -2.37. The van der Waals surface area contributed by atoms with Gasteiger partial charge < -0.3 is 14.8 Å². The number of unbranched alkanes of at least 4 members (excludes halogenated alkanes) is 1. The molecule has 1 heterocycles. The number of hydrogen-bond donors (Lipinski definition) is 3. The summed E-state index contributed by atoms with van der Waals surface area (Å²) < 4.78 is 10.5. The maximum absolute atomic E-state index is 7.82. The molecule has 2 aromatic rings. The summed E-state index contributed by atoms with van der Waals surface area (Å²) in [4.78, 5) is 0. The van der Waals surface area contributed by atoms with Gasteiger partial charge in [-0.3, -0.25) is 10.7 Å². The molecule has 0 radical (unpaired) electrons. The van der Waals surface area contributed by atoms with E-state index in [-0.39, 0.29) is 18.1 Å². The minimum atomic E-state index is 0.101. The molecule has 0 bridgehead atoms. The number of fused-ring (bicyclic) bond motifs is 1. The van der Waals surface area contributed by atoms with Gasteiger partial charge in [0.1, 0.15) is 5.75 Å². The largest absolute Gasteiger partial charge is 0.497 e. The fourth-order valence-electron chi connectivity index (χ4n) is 3.54. The van der Waals surface area contributed by atoms with E-state index in [2.05, 4.69) is 41.8 Å². The predicted molar refractivity (Wildman–Crippen MR) is 109 cm³/mol. The molecule has 0 unspecified atom stereocenters. The zero-order valence-corrected chi connectivity index (χ0v) is 16.3. The molecule has 2 aromatic carbocycles. The molecule has 1 aliphatic heterocycles. The average molecular weight is 367 g/mol. The quantitative estimate of drug-likeness (QED) is 0.397. The van der Waals surface area contributed by atoms with Crippen LogP contribution in [0.4, 0.5) is 0 Å². The second-order valence-electron chi connectivity index (χ2n) is 6.88. The van der Waals surface area contributed by atoms with Crippen LogP contribution in [-0.2, 0) is 11.2 Å². The van der Waals surface area contributed by atoms with Crippen LogP contribution in [0.25, 0.3) is 0 Å². The van der Waals surface area contributed by atoms with Gasteiger partial charge in [-0.15, -0.1) is 0 Å². The van der Waals surface area contributed by atoms with Gasteiger partial charge in [0.2, 0.25) is 5.90 Å². The molecule has 0 saturated heterocycles. The highest BCUT2D eigenvalue weighted by Crippen LogP contribution is 2.32. The van der Waals surface area contributed by atoms with E-state index in [1.54, 1.807) is 7.11 Å². The van der Waals surface area contributed by atoms with Gasteiger partial charge in [-0.1, -0.05) is 31.5 Å². The molecule has 0 saturated carbocycles.